The second-order valence-electron chi connectivity index (χ2n) is 8.07. The second kappa shape index (κ2) is 10.2. The van der Waals surface area contributed by atoms with E-state index < -0.39 is 29.6 Å². The Bertz CT molecular complexity index is 1140. The van der Waals surface area contributed by atoms with Crippen LogP contribution >= 0.6 is 0 Å². The number of piperidine rings is 1. The van der Waals surface area contributed by atoms with Crippen LogP contribution in [0, 0.1) is 5.82 Å². The molecule has 1 saturated heterocycles. The summed E-state index contributed by atoms with van der Waals surface area (Å²) in [7, 11) is 0. The van der Waals surface area contributed by atoms with Crippen LogP contribution in [0.4, 0.5) is 17.6 Å². The van der Waals surface area contributed by atoms with E-state index in [1.807, 2.05) is 6.08 Å². The van der Waals surface area contributed by atoms with Crippen LogP contribution in [-0.4, -0.2) is 70.2 Å². The van der Waals surface area contributed by atoms with Crippen LogP contribution in [-0.2, 0) is 11.0 Å². The van der Waals surface area contributed by atoms with Gasteiger partial charge in [-0.25, -0.2) is 9.07 Å². The van der Waals surface area contributed by atoms with Gasteiger partial charge in [0.25, 0.3) is 5.91 Å². The van der Waals surface area contributed by atoms with E-state index in [1.54, 1.807) is 12.3 Å². The van der Waals surface area contributed by atoms with Gasteiger partial charge >= 0.3 is 6.18 Å². The van der Waals surface area contributed by atoms with Crippen molar-refractivity contribution in [2.24, 2.45) is 4.99 Å². The normalized spacial score (nSPS) is 18.5. The van der Waals surface area contributed by atoms with Gasteiger partial charge in [0.15, 0.2) is 5.69 Å². The fourth-order valence-corrected chi connectivity index (χ4v) is 3.75. The van der Waals surface area contributed by atoms with E-state index in [1.165, 1.54) is 15.8 Å². The first-order valence-corrected chi connectivity index (χ1v) is 10.9. The van der Waals surface area contributed by atoms with E-state index in [-0.39, 0.29) is 29.9 Å². The van der Waals surface area contributed by atoms with Crippen molar-refractivity contribution in [1.82, 2.24) is 25.2 Å². The number of aliphatic imine (C=N–C) groups is 1. The first-order chi connectivity index (χ1) is 16.7. The Labute approximate surface area is 197 Å². The molecule has 1 aromatic carbocycles. The number of alkyl halides is 3. The minimum absolute atomic E-state index is 0.0744. The lowest BCUT2D eigenvalue weighted by atomic mass is 10.1. The SMILES string of the molecule is O=C(NCC(=O)N1CCC(Oc2ccc(F)c(C(F)(F)F)c2)CC1)c1cn(C2C=CC=NC2)nn1. The maximum atomic E-state index is 13.4. The average Bonchev–Trinajstić information content (AvgIpc) is 3.34. The number of ether oxygens (including phenoxy) is 1. The van der Waals surface area contributed by atoms with Gasteiger partial charge in [0.05, 0.1) is 30.9 Å². The monoisotopic (exact) mass is 494 g/mol. The molecule has 0 radical (unpaired) electrons. The molecule has 1 N–H and O–H groups in total. The fraction of sp³-hybridized carbons (Fsp3) is 0.409. The smallest absolute Gasteiger partial charge is 0.419 e. The van der Waals surface area contributed by atoms with Crippen molar-refractivity contribution in [3.05, 3.63) is 53.6 Å². The third-order valence-electron chi connectivity index (χ3n) is 5.64. The molecule has 3 heterocycles. The topological polar surface area (TPSA) is 102 Å². The zero-order valence-electron chi connectivity index (χ0n) is 18.4. The van der Waals surface area contributed by atoms with Crippen LogP contribution in [0.25, 0.3) is 0 Å². The van der Waals surface area contributed by atoms with E-state index in [9.17, 15) is 27.2 Å². The molecule has 35 heavy (non-hydrogen) atoms. The summed E-state index contributed by atoms with van der Waals surface area (Å²) in [6, 6.07) is 2.37. The molecule has 2 amide bonds. The molecule has 1 fully saturated rings. The lowest BCUT2D eigenvalue weighted by Gasteiger charge is -2.32. The number of dihydropyridines is 1. The van der Waals surface area contributed by atoms with Gasteiger partial charge in [-0.15, -0.1) is 5.10 Å². The molecular formula is C22H22F4N6O3. The van der Waals surface area contributed by atoms with Gasteiger partial charge in [-0.1, -0.05) is 11.3 Å². The summed E-state index contributed by atoms with van der Waals surface area (Å²) in [5, 5.41) is 10.3. The first kappa shape index (κ1) is 24.4. The summed E-state index contributed by atoms with van der Waals surface area (Å²) in [5.74, 6) is -2.30. The molecule has 9 nitrogen and oxygen atoms in total. The molecule has 0 aliphatic carbocycles. The van der Waals surface area contributed by atoms with E-state index in [4.69, 9.17) is 4.74 Å². The Balaban J connectivity index is 1.23. The van der Waals surface area contributed by atoms with Gasteiger partial charge in [0.1, 0.15) is 17.7 Å². The third-order valence-corrected chi connectivity index (χ3v) is 5.64. The zero-order valence-corrected chi connectivity index (χ0v) is 18.4. The lowest BCUT2D eigenvalue weighted by Crippen LogP contribution is -2.46. The summed E-state index contributed by atoms with van der Waals surface area (Å²) in [4.78, 5) is 30.5. The van der Waals surface area contributed by atoms with Crippen molar-refractivity contribution in [3.63, 3.8) is 0 Å². The summed E-state index contributed by atoms with van der Waals surface area (Å²) < 4.78 is 59.2. The predicted octanol–water partition coefficient (Wildman–Crippen LogP) is 2.42. The minimum Gasteiger partial charge on any atom is -0.490 e. The highest BCUT2D eigenvalue weighted by Gasteiger charge is 2.35. The van der Waals surface area contributed by atoms with E-state index >= 15 is 0 Å². The summed E-state index contributed by atoms with van der Waals surface area (Å²) in [5.41, 5.74) is -1.31. The Morgan fingerprint density at radius 1 is 1.20 bits per heavy atom. The van der Waals surface area contributed by atoms with Gasteiger partial charge in [0.2, 0.25) is 5.91 Å². The highest BCUT2D eigenvalue weighted by atomic mass is 19.4. The van der Waals surface area contributed by atoms with Crippen molar-refractivity contribution in [1.29, 1.82) is 0 Å². The van der Waals surface area contributed by atoms with Gasteiger partial charge in [0, 0.05) is 32.1 Å². The van der Waals surface area contributed by atoms with Crippen LogP contribution in [0.3, 0.4) is 0 Å². The Hall–Kier alpha value is -3.77. The highest BCUT2D eigenvalue weighted by Crippen LogP contribution is 2.34. The number of likely N-dealkylation sites (tertiary alicyclic amines) is 1. The number of halogens is 4. The number of carbonyl (C=O) groups is 2. The molecule has 1 aromatic heterocycles. The van der Waals surface area contributed by atoms with Crippen LogP contribution < -0.4 is 10.1 Å². The van der Waals surface area contributed by atoms with E-state index in [0.717, 1.165) is 12.1 Å². The lowest BCUT2D eigenvalue weighted by molar-refractivity contribution is -0.140. The quantitative estimate of drug-likeness (QED) is 0.622. The molecule has 1 unspecified atom stereocenters. The molecule has 2 aromatic rings. The predicted molar refractivity (Wildman–Crippen MR) is 116 cm³/mol. The van der Waals surface area contributed by atoms with Crippen molar-refractivity contribution in [3.8, 4) is 5.75 Å². The van der Waals surface area contributed by atoms with E-state index in [2.05, 4.69) is 20.6 Å². The standard InChI is InChI=1S/C22H22F4N6O3/c23-18-4-3-16(10-17(18)22(24,25)26)35-15-5-8-31(9-6-15)20(33)12-28-21(34)19-13-32(30-29-19)14-2-1-7-27-11-14/h1-4,7,10,13-15H,5-6,8-9,11-12H2,(H,28,34). The Kier molecular flexibility index (Phi) is 7.12. The average molecular weight is 494 g/mol. The van der Waals surface area contributed by atoms with E-state index in [0.29, 0.717) is 38.5 Å². The Morgan fingerprint density at radius 2 is 1.97 bits per heavy atom. The number of benzene rings is 1. The number of nitrogens with zero attached hydrogens (tertiary/aromatic N) is 5. The fourth-order valence-electron chi connectivity index (χ4n) is 3.75. The maximum Gasteiger partial charge on any atom is 0.419 e. The number of nitrogens with one attached hydrogen (secondary N) is 1. The van der Waals surface area contributed by atoms with Crippen LogP contribution in [0.2, 0.25) is 0 Å². The van der Waals surface area contributed by atoms with Crippen LogP contribution in [0.15, 0.2) is 41.5 Å². The molecule has 13 heteroatoms. The number of hydrogen-bond donors (Lipinski definition) is 1. The number of rotatable bonds is 6. The molecule has 0 spiro atoms. The number of hydrogen-bond acceptors (Lipinski definition) is 6. The van der Waals surface area contributed by atoms with Crippen molar-refractivity contribution in [2.75, 3.05) is 26.2 Å². The molecule has 0 bridgehead atoms. The molecule has 2 aliphatic heterocycles. The van der Waals surface area contributed by atoms with Gasteiger partial charge in [-0.2, -0.15) is 13.2 Å². The zero-order chi connectivity index (χ0) is 25.0. The number of aromatic nitrogens is 3. The van der Waals surface area contributed by atoms with Crippen molar-refractivity contribution < 1.29 is 31.9 Å². The van der Waals surface area contributed by atoms with Crippen molar-refractivity contribution >= 4 is 18.0 Å². The number of carbonyl (C=O) groups excluding carboxylic acids is 2. The first-order valence-electron chi connectivity index (χ1n) is 10.9. The minimum atomic E-state index is -4.82. The molecule has 186 valence electrons. The third kappa shape index (κ3) is 6.03. The highest BCUT2D eigenvalue weighted by molar-refractivity contribution is 5.94. The van der Waals surface area contributed by atoms with Crippen LogP contribution in [0.5, 0.6) is 5.75 Å². The van der Waals surface area contributed by atoms with Crippen molar-refractivity contribution in [2.45, 2.75) is 31.2 Å². The summed E-state index contributed by atoms with van der Waals surface area (Å²) >= 11 is 0. The number of allylic oxidation sites excluding steroid dienone is 1. The molecule has 4 rings (SSSR count). The maximum absolute atomic E-state index is 13.4. The number of amides is 2. The van der Waals surface area contributed by atoms with Gasteiger partial charge in [-0.3, -0.25) is 14.6 Å². The van der Waals surface area contributed by atoms with Gasteiger partial charge in [-0.05, 0) is 24.3 Å². The molecule has 2 aliphatic rings. The molecule has 1 atom stereocenters. The molecular weight excluding hydrogens is 472 g/mol. The largest absolute Gasteiger partial charge is 0.490 e. The summed E-state index contributed by atoms with van der Waals surface area (Å²) in [6.45, 7) is 0.857. The summed E-state index contributed by atoms with van der Waals surface area (Å²) in [6.07, 6.45) is 2.33. The van der Waals surface area contributed by atoms with Gasteiger partial charge < -0.3 is 15.0 Å². The Morgan fingerprint density at radius 3 is 2.66 bits per heavy atom. The second-order valence-corrected chi connectivity index (χ2v) is 8.07. The van der Waals surface area contributed by atoms with Crippen LogP contribution in [0.1, 0.15) is 34.9 Å². The molecule has 0 saturated carbocycles.